The highest BCUT2D eigenvalue weighted by Gasteiger charge is 2.65. The molecule has 5 aliphatic carbocycles. The predicted octanol–water partition coefficient (Wildman–Crippen LogP) is 9.27. The molecule has 0 aromatic rings. The molecule has 6 rings (SSSR count). The van der Waals surface area contributed by atoms with Gasteiger partial charge in [-0.1, -0.05) is 46.6 Å². The van der Waals surface area contributed by atoms with Crippen molar-refractivity contribution in [3.63, 3.8) is 0 Å². The summed E-state index contributed by atoms with van der Waals surface area (Å²) in [5.74, 6) is 6.31. The van der Waals surface area contributed by atoms with Crippen LogP contribution in [0.15, 0.2) is 12.7 Å². The van der Waals surface area contributed by atoms with Crippen LogP contribution in [0.25, 0.3) is 0 Å². The minimum Gasteiger partial charge on any atom is -0.349 e. The third kappa shape index (κ3) is 5.50. The highest BCUT2D eigenvalue weighted by molar-refractivity contribution is 5.84. The van der Waals surface area contributed by atoms with Gasteiger partial charge >= 0.3 is 0 Å². The van der Waals surface area contributed by atoms with Crippen molar-refractivity contribution in [2.24, 2.45) is 57.7 Å². The Bertz CT molecular complexity index is 937. The van der Waals surface area contributed by atoms with Crippen LogP contribution in [0.1, 0.15) is 138 Å². The molecule has 10 unspecified atom stereocenters. The van der Waals surface area contributed by atoms with Crippen molar-refractivity contribution in [3.05, 3.63) is 12.7 Å². The molecule has 234 valence electrons. The van der Waals surface area contributed by atoms with Crippen LogP contribution in [-0.2, 0) is 4.79 Å². The molecule has 1 saturated heterocycles. The van der Waals surface area contributed by atoms with Gasteiger partial charge in [-0.15, -0.1) is 6.58 Å². The molecular weight excluding hydrogens is 500 g/mol. The third-order valence-electron chi connectivity index (χ3n) is 14.5. The summed E-state index contributed by atoms with van der Waals surface area (Å²) in [6.45, 7) is 23.8. The quantitative estimate of drug-likeness (QED) is 0.344. The van der Waals surface area contributed by atoms with E-state index in [0.29, 0.717) is 22.7 Å². The molecule has 1 amide bonds. The monoisotopic (exact) mass is 567 g/mol. The van der Waals surface area contributed by atoms with Crippen molar-refractivity contribution in [3.8, 4) is 0 Å². The zero-order valence-electron chi connectivity index (χ0n) is 28.2. The average Bonchev–Trinajstić information content (AvgIpc) is 3.37. The first-order valence-electron chi connectivity index (χ1n) is 18.0. The highest BCUT2D eigenvalue weighted by atomic mass is 16.2. The summed E-state index contributed by atoms with van der Waals surface area (Å²) in [6.07, 6.45) is 20.6. The summed E-state index contributed by atoms with van der Waals surface area (Å²) >= 11 is 0. The fourth-order valence-electron chi connectivity index (χ4n) is 12.6. The van der Waals surface area contributed by atoms with Gasteiger partial charge < -0.3 is 10.2 Å². The number of fused-ring (bicyclic) bond motifs is 7. The Labute approximate surface area is 254 Å². The standard InChI is InChI=1S/C35H60N2O.C3H6/c1-24-14-18-33(5)27(25(24)2)15-19-34(6)28-16-20-35(17-10-11-29(35)26(28)12-13-30(33)34)31(38)36-32(3,4)23-37-21-8-7-9-22-37;1-3-2/h24-30H,7-23H2,1-6H3,(H,36,38);3H,1H2,2H3. The zero-order chi connectivity index (χ0) is 29.6. The van der Waals surface area contributed by atoms with Crippen molar-refractivity contribution in [2.45, 2.75) is 144 Å². The van der Waals surface area contributed by atoms with Gasteiger partial charge in [0.25, 0.3) is 0 Å². The van der Waals surface area contributed by atoms with E-state index in [-0.39, 0.29) is 11.0 Å². The Morgan fingerprint density at radius 3 is 2.20 bits per heavy atom. The number of likely N-dealkylation sites (tertiary alicyclic amines) is 1. The Morgan fingerprint density at radius 2 is 1.49 bits per heavy atom. The van der Waals surface area contributed by atoms with Crippen LogP contribution in [0, 0.1) is 57.7 Å². The Hall–Kier alpha value is -0.830. The lowest BCUT2D eigenvalue weighted by Crippen LogP contribution is -2.63. The number of rotatable bonds is 4. The molecule has 3 nitrogen and oxygen atoms in total. The maximum absolute atomic E-state index is 14.3. The van der Waals surface area contributed by atoms with Gasteiger partial charge in [-0.25, -0.2) is 0 Å². The molecule has 3 heteroatoms. The molecular formula is C38H66N2O. The number of carbonyl (C=O) groups excluding carboxylic acids is 1. The van der Waals surface area contributed by atoms with Crippen LogP contribution in [0.2, 0.25) is 0 Å². The van der Waals surface area contributed by atoms with E-state index < -0.39 is 0 Å². The topological polar surface area (TPSA) is 32.3 Å². The lowest BCUT2D eigenvalue weighted by atomic mass is 9.37. The minimum atomic E-state index is -0.140. The zero-order valence-corrected chi connectivity index (χ0v) is 28.2. The summed E-state index contributed by atoms with van der Waals surface area (Å²) in [5, 5.41) is 3.67. The normalized spacial score (nSPS) is 46.1. The van der Waals surface area contributed by atoms with E-state index in [4.69, 9.17) is 0 Å². The van der Waals surface area contributed by atoms with Gasteiger partial charge in [0.2, 0.25) is 5.91 Å². The van der Waals surface area contributed by atoms with Crippen molar-refractivity contribution < 1.29 is 4.79 Å². The minimum absolute atomic E-state index is 0.0839. The van der Waals surface area contributed by atoms with Crippen molar-refractivity contribution in [1.82, 2.24) is 10.2 Å². The van der Waals surface area contributed by atoms with Crippen LogP contribution in [0.5, 0.6) is 0 Å². The van der Waals surface area contributed by atoms with E-state index in [0.717, 1.165) is 54.9 Å². The molecule has 6 fully saturated rings. The Kier molecular flexibility index (Phi) is 9.19. The second-order valence-electron chi connectivity index (χ2n) is 17.2. The first-order chi connectivity index (χ1) is 19.4. The summed E-state index contributed by atoms with van der Waals surface area (Å²) in [7, 11) is 0. The number of piperidine rings is 1. The van der Waals surface area contributed by atoms with Crippen molar-refractivity contribution >= 4 is 5.91 Å². The molecule has 1 heterocycles. The van der Waals surface area contributed by atoms with E-state index in [9.17, 15) is 4.79 Å². The van der Waals surface area contributed by atoms with Gasteiger partial charge in [-0.3, -0.25) is 4.79 Å². The SMILES string of the molecule is C=CC.CC1CCC2(C)C(CCC3(C)C4CCC5(C(=O)NC(C)(C)CN6CCCCC6)CCCC5C4CCC23)C1C. The fourth-order valence-corrected chi connectivity index (χ4v) is 12.6. The van der Waals surface area contributed by atoms with Gasteiger partial charge in [-0.05, 0) is 163 Å². The summed E-state index contributed by atoms with van der Waals surface area (Å²) in [6, 6.07) is 0. The van der Waals surface area contributed by atoms with Crippen LogP contribution in [0.4, 0.5) is 0 Å². The number of carbonyl (C=O) groups is 1. The van der Waals surface area contributed by atoms with Crippen LogP contribution in [0.3, 0.4) is 0 Å². The van der Waals surface area contributed by atoms with Crippen LogP contribution >= 0.6 is 0 Å². The van der Waals surface area contributed by atoms with Crippen molar-refractivity contribution in [1.29, 1.82) is 0 Å². The predicted molar refractivity (Wildman–Crippen MR) is 174 cm³/mol. The number of hydrogen-bond acceptors (Lipinski definition) is 2. The molecule has 10 atom stereocenters. The van der Waals surface area contributed by atoms with Gasteiger partial charge in [0.05, 0.1) is 5.41 Å². The number of nitrogens with one attached hydrogen (secondary N) is 1. The van der Waals surface area contributed by atoms with Crippen LogP contribution in [-0.4, -0.2) is 36.0 Å². The lowest BCUT2D eigenvalue weighted by molar-refractivity contribution is -0.190. The summed E-state index contributed by atoms with van der Waals surface area (Å²) in [5.41, 5.74) is 0.815. The number of nitrogens with zero attached hydrogens (tertiary/aromatic N) is 1. The number of hydrogen-bond donors (Lipinski definition) is 1. The summed E-state index contributed by atoms with van der Waals surface area (Å²) < 4.78 is 0. The van der Waals surface area contributed by atoms with Gasteiger partial charge in [-0.2, -0.15) is 0 Å². The van der Waals surface area contributed by atoms with E-state index in [1.54, 1.807) is 6.08 Å². The first kappa shape index (κ1) is 31.6. The fraction of sp³-hybridized carbons (Fsp3) is 0.921. The Morgan fingerprint density at radius 1 is 0.854 bits per heavy atom. The molecule has 6 aliphatic rings. The number of allylic oxidation sites excluding steroid dienone is 1. The van der Waals surface area contributed by atoms with Gasteiger partial charge in [0.1, 0.15) is 0 Å². The Balaban J connectivity index is 0.00000108. The summed E-state index contributed by atoms with van der Waals surface area (Å²) in [4.78, 5) is 16.9. The smallest absolute Gasteiger partial charge is 0.226 e. The molecule has 0 aromatic heterocycles. The lowest BCUT2D eigenvalue weighted by Gasteiger charge is -2.67. The van der Waals surface area contributed by atoms with E-state index >= 15 is 0 Å². The van der Waals surface area contributed by atoms with Gasteiger partial charge in [0.15, 0.2) is 0 Å². The molecule has 0 aromatic carbocycles. The first-order valence-corrected chi connectivity index (χ1v) is 18.0. The second-order valence-corrected chi connectivity index (χ2v) is 17.2. The molecule has 0 spiro atoms. The van der Waals surface area contributed by atoms with Crippen LogP contribution < -0.4 is 5.32 Å². The number of amides is 1. The molecule has 41 heavy (non-hydrogen) atoms. The van der Waals surface area contributed by atoms with E-state index in [1.807, 2.05) is 6.92 Å². The molecule has 1 N–H and O–H groups in total. The molecule has 5 saturated carbocycles. The van der Waals surface area contributed by atoms with E-state index in [2.05, 4.69) is 58.3 Å². The molecule has 0 bridgehead atoms. The second kappa shape index (κ2) is 11.9. The van der Waals surface area contributed by atoms with E-state index in [1.165, 1.54) is 90.1 Å². The average molecular weight is 567 g/mol. The van der Waals surface area contributed by atoms with Gasteiger partial charge in [0, 0.05) is 12.1 Å². The molecule has 1 aliphatic heterocycles. The highest BCUT2D eigenvalue weighted by Crippen LogP contribution is 2.72. The van der Waals surface area contributed by atoms with Crippen molar-refractivity contribution in [2.75, 3.05) is 19.6 Å². The maximum atomic E-state index is 14.3. The largest absolute Gasteiger partial charge is 0.349 e. The molecule has 0 radical (unpaired) electrons. The maximum Gasteiger partial charge on any atom is 0.226 e. The third-order valence-corrected chi connectivity index (χ3v) is 14.5.